The normalized spacial score (nSPS) is 26.7. The summed E-state index contributed by atoms with van der Waals surface area (Å²) in [6.45, 7) is 2.72. The number of hydrogen-bond acceptors (Lipinski definition) is 3. The molecule has 4 nitrogen and oxygen atoms in total. The zero-order valence-corrected chi connectivity index (χ0v) is 11.7. The second-order valence-electron chi connectivity index (χ2n) is 5.87. The van der Waals surface area contributed by atoms with Crippen LogP contribution in [0, 0.1) is 5.92 Å². The van der Waals surface area contributed by atoms with Gasteiger partial charge in [0, 0.05) is 19.1 Å². The Labute approximate surface area is 119 Å². The Bertz CT molecular complexity index is 483. The average molecular weight is 274 g/mol. The monoisotopic (exact) mass is 274 g/mol. The second-order valence-corrected chi connectivity index (χ2v) is 5.87. The van der Waals surface area contributed by atoms with Crippen molar-refractivity contribution >= 4 is 5.91 Å². The number of amides is 1. The number of carbonyl (C=O) groups is 1. The Hall–Kier alpha value is -1.55. The molecule has 2 saturated heterocycles. The Morgan fingerprint density at radius 2 is 2.10 bits per heavy atom. The first-order valence-corrected chi connectivity index (χ1v) is 7.56. The van der Waals surface area contributed by atoms with E-state index >= 15 is 0 Å². The largest absolute Gasteiger partial charge is 0.507 e. The minimum atomic E-state index is -0.0363. The number of benzene rings is 1. The zero-order valence-electron chi connectivity index (χ0n) is 11.7. The molecule has 2 fully saturated rings. The van der Waals surface area contributed by atoms with Gasteiger partial charge in [0.15, 0.2) is 0 Å². The second kappa shape index (κ2) is 5.83. The third-order valence-electron chi connectivity index (χ3n) is 4.55. The van der Waals surface area contributed by atoms with E-state index in [9.17, 15) is 9.90 Å². The predicted molar refractivity (Wildman–Crippen MR) is 77.8 cm³/mol. The molecule has 0 spiro atoms. The maximum atomic E-state index is 12.5. The first kappa shape index (κ1) is 13.4. The lowest BCUT2D eigenvalue weighted by Crippen LogP contribution is -2.45. The summed E-state index contributed by atoms with van der Waals surface area (Å²) in [5.74, 6) is 0.602. The topological polar surface area (TPSA) is 52.6 Å². The van der Waals surface area contributed by atoms with Gasteiger partial charge in [-0.3, -0.25) is 4.79 Å². The minimum Gasteiger partial charge on any atom is -0.507 e. The molecule has 1 aromatic rings. The summed E-state index contributed by atoms with van der Waals surface area (Å²) < 4.78 is 0. The van der Waals surface area contributed by atoms with Crippen molar-refractivity contribution in [1.29, 1.82) is 0 Å². The maximum Gasteiger partial charge on any atom is 0.257 e. The molecule has 0 aliphatic carbocycles. The summed E-state index contributed by atoms with van der Waals surface area (Å²) >= 11 is 0. The molecule has 2 atom stereocenters. The summed E-state index contributed by atoms with van der Waals surface area (Å²) in [5.41, 5.74) is 0.424. The molecule has 4 heteroatoms. The molecule has 2 N–H and O–H groups in total. The molecule has 2 aliphatic rings. The van der Waals surface area contributed by atoms with Crippen molar-refractivity contribution in [2.24, 2.45) is 5.92 Å². The Balaban J connectivity index is 1.70. The van der Waals surface area contributed by atoms with Gasteiger partial charge < -0.3 is 15.3 Å². The highest BCUT2D eigenvalue weighted by atomic mass is 16.3. The number of hydrogen-bond donors (Lipinski definition) is 2. The Morgan fingerprint density at radius 3 is 2.85 bits per heavy atom. The van der Waals surface area contributed by atoms with E-state index in [0.717, 1.165) is 26.1 Å². The van der Waals surface area contributed by atoms with E-state index in [2.05, 4.69) is 5.32 Å². The van der Waals surface area contributed by atoms with Crippen molar-refractivity contribution in [3.05, 3.63) is 29.8 Å². The van der Waals surface area contributed by atoms with Crippen LogP contribution in [0.3, 0.4) is 0 Å². The van der Waals surface area contributed by atoms with Gasteiger partial charge in [0.05, 0.1) is 5.56 Å². The summed E-state index contributed by atoms with van der Waals surface area (Å²) in [6.07, 6.45) is 4.72. The molecule has 3 rings (SSSR count). The molecule has 2 aliphatic heterocycles. The van der Waals surface area contributed by atoms with Crippen LogP contribution in [-0.4, -0.2) is 41.6 Å². The molecule has 0 bridgehead atoms. The van der Waals surface area contributed by atoms with Crippen LogP contribution >= 0.6 is 0 Å². The van der Waals surface area contributed by atoms with Gasteiger partial charge in [-0.2, -0.15) is 0 Å². The van der Waals surface area contributed by atoms with Gasteiger partial charge in [-0.05, 0) is 50.3 Å². The average Bonchev–Trinajstić information content (AvgIpc) is 3.01. The summed E-state index contributed by atoms with van der Waals surface area (Å²) in [5, 5.41) is 13.4. The number of piperidine rings is 1. The van der Waals surface area contributed by atoms with Crippen molar-refractivity contribution in [2.75, 3.05) is 19.6 Å². The van der Waals surface area contributed by atoms with Gasteiger partial charge in [-0.1, -0.05) is 12.1 Å². The Morgan fingerprint density at radius 1 is 1.25 bits per heavy atom. The van der Waals surface area contributed by atoms with Crippen molar-refractivity contribution in [3.8, 4) is 5.75 Å². The van der Waals surface area contributed by atoms with Crippen molar-refractivity contribution in [2.45, 2.75) is 31.7 Å². The number of nitrogens with zero attached hydrogens (tertiary/aromatic N) is 1. The van der Waals surface area contributed by atoms with E-state index < -0.39 is 0 Å². The standard InChI is InChI=1S/C16H22N2O2/c19-15-8-2-1-6-13(15)16(20)18-10-4-5-12(11-18)14-7-3-9-17-14/h1-2,6,8,12,14,17,19H,3-5,7,9-11H2. The van der Waals surface area contributed by atoms with Crippen LogP contribution in [0.4, 0.5) is 0 Å². The third kappa shape index (κ3) is 2.66. The lowest BCUT2D eigenvalue weighted by molar-refractivity contribution is 0.0648. The SMILES string of the molecule is O=C(c1ccccc1O)N1CCCC(C2CCCN2)C1. The zero-order chi connectivity index (χ0) is 13.9. The van der Waals surface area contributed by atoms with Crippen LogP contribution in [0.2, 0.25) is 0 Å². The van der Waals surface area contributed by atoms with Gasteiger partial charge in [0.1, 0.15) is 5.75 Å². The van der Waals surface area contributed by atoms with E-state index in [-0.39, 0.29) is 11.7 Å². The Kier molecular flexibility index (Phi) is 3.92. The summed E-state index contributed by atoms with van der Waals surface area (Å²) in [7, 11) is 0. The minimum absolute atomic E-state index is 0.0363. The van der Waals surface area contributed by atoms with E-state index in [1.807, 2.05) is 4.90 Å². The van der Waals surface area contributed by atoms with Crippen LogP contribution in [0.1, 0.15) is 36.0 Å². The van der Waals surface area contributed by atoms with Crippen LogP contribution in [0.25, 0.3) is 0 Å². The van der Waals surface area contributed by atoms with Crippen molar-refractivity contribution < 1.29 is 9.90 Å². The quantitative estimate of drug-likeness (QED) is 0.867. The van der Waals surface area contributed by atoms with E-state index in [1.165, 1.54) is 19.3 Å². The van der Waals surface area contributed by atoms with Crippen molar-refractivity contribution in [3.63, 3.8) is 0 Å². The number of likely N-dealkylation sites (tertiary alicyclic amines) is 1. The molecular weight excluding hydrogens is 252 g/mol. The number of phenolic OH excluding ortho intramolecular Hbond substituents is 1. The van der Waals surface area contributed by atoms with Gasteiger partial charge in [-0.15, -0.1) is 0 Å². The van der Waals surface area contributed by atoms with Crippen LogP contribution in [0.15, 0.2) is 24.3 Å². The van der Waals surface area contributed by atoms with Crippen molar-refractivity contribution in [1.82, 2.24) is 10.2 Å². The highest BCUT2D eigenvalue weighted by Crippen LogP contribution is 2.27. The van der Waals surface area contributed by atoms with E-state index in [0.29, 0.717) is 17.5 Å². The molecular formula is C16H22N2O2. The number of nitrogens with one attached hydrogen (secondary N) is 1. The molecule has 0 radical (unpaired) electrons. The first-order chi connectivity index (χ1) is 9.75. The highest BCUT2D eigenvalue weighted by molar-refractivity contribution is 5.96. The molecule has 2 heterocycles. The van der Waals surface area contributed by atoms with Crippen LogP contribution in [0.5, 0.6) is 5.75 Å². The number of rotatable bonds is 2. The smallest absolute Gasteiger partial charge is 0.257 e. The van der Waals surface area contributed by atoms with Gasteiger partial charge in [0.25, 0.3) is 5.91 Å². The lowest BCUT2D eigenvalue weighted by atomic mass is 9.89. The van der Waals surface area contributed by atoms with Gasteiger partial charge in [-0.25, -0.2) is 0 Å². The van der Waals surface area contributed by atoms with E-state index in [4.69, 9.17) is 0 Å². The summed E-state index contributed by atoms with van der Waals surface area (Å²) in [6, 6.07) is 7.39. The number of carbonyl (C=O) groups excluding carboxylic acids is 1. The van der Waals surface area contributed by atoms with Crippen LogP contribution in [-0.2, 0) is 0 Å². The number of aromatic hydroxyl groups is 1. The fourth-order valence-corrected chi connectivity index (χ4v) is 3.46. The molecule has 108 valence electrons. The predicted octanol–water partition coefficient (Wildman–Crippen LogP) is 2.00. The number of para-hydroxylation sites is 1. The van der Waals surface area contributed by atoms with E-state index in [1.54, 1.807) is 24.3 Å². The highest BCUT2D eigenvalue weighted by Gasteiger charge is 2.31. The fraction of sp³-hybridized carbons (Fsp3) is 0.562. The molecule has 0 saturated carbocycles. The molecule has 2 unspecified atom stereocenters. The first-order valence-electron chi connectivity index (χ1n) is 7.56. The maximum absolute atomic E-state index is 12.5. The molecule has 1 amide bonds. The molecule has 0 aromatic heterocycles. The molecule has 1 aromatic carbocycles. The molecule has 20 heavy (non-hydrogen) atoms. The van der Waals surface area contributed by atoms with Gasteiger partial charge >= 0.3 is 0 Å². The lowest BCUT2D eigenvalue weighted by Gasteiger charge is -2.36. The van der Waals surface area contributed by atoms with Gasteiger partial charge in [0.2, 0.25) is 0 Å². The third-order valence-corrected chi connectivity index (χ3v) is 4.55. The number of phenols is 1. The fourth-order valence-electron chi connectivity index (χ4n) is 3.46. The van der Waals surface area contributed by atoms with Crippen LogP contribution < -0.4 is 5.32 Å². The summed E-state index contributed by atoms with van der Waals surface area (Å²) in [4.78, 5) is 14.4.